The van der Waals surface area contributed by atoms with Crippen molar-refractivity contribution in [1.29, 1.82) is 0 Å². The van der Waals surface area contributed by atoms with Crippen LogP contribution in [0.5, 0.6) is 0 Å². The van der Waals surface area contributed by atoms with E-state index < -0.39 is 23.5 Å². The third-order valence-electron chi connectivity index (χ3n) is 2.67. The van der Waals surface area contributed by atoms with E-state index in [2.05, 4.69) is 16.2 Å². The molecule has 0 atom stereocenters. The fourth-order valence-corrected chi connectivity index (χ4v) is 2.23. The highest BCUT2D eigenvalue weighted by Gasteiger charge is 2.11. The number of carbonyl (C=O) groups excluding carboxylic acids is 3. The molecule has 126 valence electrons. The van der Waals surface area contributed by atoms with E-state index in [4.69, 9.17) is 4.42 Å². The van der Waals surface area contributed by atoms with Gasteiger partial charge in [0.1, 0.15) is 5.82 Å². The van der Waals surface area contributed by atoms with Crippen molar-refractivity contribution in [2.45, 2.75) is 0 Å². The minimum absolute atomic E-state index is 0.0338. The summed E-state index contributed by atoms with van der Waals surface area (Å²) >= 11 is 1.02. The molecule has 0 aliphatic rings. The highest BCUT2D eigenvalue weighted by atomic mass is 32.2. The predicted molar refractivity (Wildman–Crippen MR) is 86.7 cm³/mol. The molecule has 2 aromatic rings. The topological polar surface area (TPSA) is 100 Å². The molecule has 0 saturated heterocycles. The summed E-state index contributed by atoms with van der Waals surface area (Å²) in [5.41, 5.74) is 4.45. The summed E-state index contributed by atoms with van der Waals surface area (Å²) in [6.45, 7) is 0. The Bertz CT molecular complexity index is 721. The summed E-state index contributed by atoms with van der Waals surface area (Å²) in [6.07, 6.45) is 1.33. The van der Waals surface area contributed by atoms with Gasteiger partial charge in [-0.2, -0.15) is 0 Å². The van der Waals surface area contributed by atoms with Crippen LogP contribution < -0.4 is 16.2 Å². The first-order chi connectivity index (χ1) is 11.6. The van der Waals surface area contributed by atoms with Gasteiger partial charge < -0.3 is 9.73 Å². The van der Waals surface area contributed by atoms with Crippen LogP contribution in [0.3, 0.4) is 0 Å². The molecule has 1 heterocycles. The van der Waals surface area contributed by atoms with Gasteiger partial charge in [-0.25, -0.2) is 4.39 Å². The molecule has 0 saturated carbocycles. The Labute approximate surface area is 141 Å². The third kappa shape index (κ3) is 5.43. The zero-order valence-corrected chi connectivity index (χ0v) is 13.2. The summed E-state index contributed by atoms with van der Waals surface area (Å²) < 4.78 is 18.2. The van der Waals surface area contributed by atoms with Gasteiger partial charge in [-0.15, -0.1) is 11.8 Å². The van der Waals surface area contributed by atoms with Gasteiger partial charge in [0, 0.05) is 0 Å². The third-order valence-corrected chi connectivity index (χ3v) is 3.61. The number of rotatable bonds is 6. The van der Waals surface area contributed by atoms with Gasteiger partial charge in [-0.05, 0) is 24.3 Å². The summed E-state index contributed by atoms with van der Waals surface area (Å²) in [5, 5.41) is 2.40. The number of amides is 3. The van der Waals surface area contributed by atoms with Crippen molar-refractivity contribution in [2.24, 2.45) is 0 Å². The van der Waals surface area contributed by atoms with Gasteiger partial charge in [0.25, 0.3) is 0 Å². The summed E-state index contributed by atoms with van der Waals surface area (Å²) in [7, 11) is 0. The van der Waals surface area contributed by atoms with Crippen molar-refractivity contribution >= 4 is 35.2 Å². The number of nitrogens with one attached hydrogen (secondary N) is 3. The Kier molecular flexibility index (Phi) is 6.38. The average Bonchev–Trinajstić information content (AvgIpc) is 3.09. The van der Waals surface area contributed by atoms with Gasteiger partial charge in [0.05, 0.1) is 23.5 Å². The molecule has 0 spiro atoms. The highest BCUT2D eigenvalue weighted by Crippen LogP contribution is 2.12. The number of hydrogen-bond acceptors (Lipinski definition) is 5. The number of para-hydroxylation sites is 1. The van der Waals surface area contributed by atoms with E-state index in [1.54, 1.807) is 12.1 Å². The molecule has 3 amide bonds. The minimum atomic E-state index is -0.587. The summed E-state index contributed by atoms with van der Waals surface area (Å²) in [5.74, 6) is -2.06. The Hall–Kier alpha value is -2.81. The van der Waals surface area contributed by atoms with Gasteiger partial charge in [0.2, 0.25) is 11.8 Å². The number of furan rings is 1. The van der Waals surface area contributed by atoms with E-state index in [0.29, 0.717) is 0 Å². The monoisotopic (exact) mass is 351 g/mol. The molecule has 0 aliphatic heterocycles. The molecule has 7 nitrogen and oxygen atoms in total. The lowest BCUT2D eigenvalue weighted by Crippen LogP contribution is -2.42. The van der Waals surface area contributed by atoms with Crippen molar-refractivity contribution in [3.63, 3.8) is 0 Å². The lowest BCUT2D eigenvalue weighted by atomic mass is 10.3. The second kappa shape index (κ2) is 8.73. The maximum absolute atomic E-state index is 13.4. The Balaban J connectivity index is 1.64. The molecule has 9 heteroatoms. The maximum atomic E-state index is 13.4. The maximum Gasteiger partial charge on any atom is 0.305 e. The van der Waals surface area contributed by atoms with Crippen LogP contribution in [0, 0.1) is 5.82 Å². The molecule has 2 rings (SSSR count). The first-order valence-corrected chi connectivity index (χ1v) is 7.96. The van der Waals surface area contributed by atoms with Crippen molar-refractivity contribution in [3.05, 3.63) is 54.2 Å². The van der Waals surface area contributed by atoms with Crippen LogP contribution in [-0.2, 0) is 9.59 Å². The largest absolute Gasteiger partial charge is 0.459 e. The van der Waals surface area contributed by atoms with Crippen LogP contribution in [0.25, 0.3) is 0 Å². The number of carbonyl (C=O) groups is 3. The molecule has 1 aromatic heterocycles. The quantitative estimate of drug-likeness (QED) is 0.686. The predicted octanol–water partition coefficient (Wildman–Crippen LogP) is 1.55. The molecule has 0 radical (unpaired) electrons. The first-order valence-electron chi connectivity index (χ1n) is 6.81. The van der Waals surface area contributed by atoms with Gasteiger partial charge in [0.15, 0.2) is 5.76 Å². The lowest BCUT2D eigenvalue weighted by molar-refractivity contribution is -0.119. The smallest absolute Gasteiger partial charge is 0.305 e. The molecule has 0 fully saturated rings. The average molecular weight is 351 g/mol. The van der Waals surface area contributed by atoms with Crippen molar-refractivity contribution in [1.82, 2.24) is 10.9 Å². The number of benzene rings is 1. The van der Waals surface area contributed by atoms with Crippen LogP contribution in [0.4, 0.5) is 10.1 Å². The molecule has 24 heavy (non-hydrogen) atoms. The molecular formula is C15H14FN3O4S. The van der Waals surface area contributed by atoms with Crippen LogP contribution in [0.15, 0.2) is 47.1 Å². The number of thioether (sulfide) groups is 1. The fourth-order valence-electron chi connectivity index (χ4n) is 1.62. The molecule has 3 N–H and O–H groups in total. The van der Waals surface area contributed by atoms with E-state index in [1.165, 1.54) is 30.5 Å². The summed E-state index contributed by atoms with van der Waals surface area (Å²) in [4.78, 5) is 34.7. The normalized spacial score (nSPS) is 10.0. The standard InChI is InChI=1S/C15H14FN3O4S/c16-10-4-1-2-5-11(10)17-13(20)8-24-9-14(21)18-19-15(22)12-6-3-7-23-12/h1-7H,8-9H2,(H,17,20)(H,18,21)(H,19,22). The second-order valence-electron chi connectivity index (χ2n) is 4.50. The highest BCUT2D eigenvalue weighted by molar-refractivity contribution is 8.00. The van der Waals surface area contributed by atoms with Crippen LogP contribution in [0.2, 0.25) is 0 Å². The van der Waals surface area contributed by atoms with Crippen LogP contribution in [-0.4, -0.2) is 29.2 Å². The number of halogens is 1. The van der Waals surface area contributed by atoms with Crippen molar-refractivity contribution in [2.75, 3.05) is 16.8 Å². The van der Waals surface area contributed by atoms with Crippen LogP contribution >= 0.6 is 11.8 Å². The zero-order valence-electron chi connectivity index (χ0n) is 12.4. The van der Waals surface area contributed by atoms with E-state index in [-0.39, 0.29) is 23.0 Å². The van der Waals surface area contributed by atoms with E-state index >= 15 is 0 Å². The fraction of sp³-hybridized carbons (Fsp3) is 0.133. The van der Waals surface area contributed by atoms with Crippen molar-refractivity contribution < 1.29 is 23.2 Å². The second-order valence-corrected chi connectivity index (χ2v) is 5.49. The Morgan fingerprint density at radius 1 is 1.00 bits per heavy atom. The van der Waals surface area contributed by atoms with Crippen LogP contribution in [0.1, 0.15) is 10.6 Å². The van der Waals surface area contributed by atoms with Gasteiger partial charge in [-0.3, -0.25) is 25.2 Å². The van der Waals surface area contributed by atoms with Gasteiger partial charge >= 0.3 is 5.91 Å². The Morgan fingerprint density at radius 3 is 2.46 bits per heavy atom. The van der Waals surface area contributed by atoms with Gasteiger partial charge in [-0.1, -0.05) is 12.1 Å². The first kappa shape index (κ1) is 17.5. The molecule has 0 aliphatic carbocycles. The molecule has 0 unspecified atom stereocenters. The van der Waals surface area contributed by atoms with E-state index in [1.807, 2.05) is 0 Å². The number of hydrogen-bond donors (Lipinski definition) is 3. The number of hydrazine groups is 1. The number of anilines is 1. The molecule has 1 aromatic carbocycles. The molecular weight excluding hydrogens is 337 g/mol. The lowest BCUT2D eigenvalue weighted by Gasteiger charge is -2.07. The van der Waals surface area contributed by atoms with Crippen molar-refractivity contribution in [3.8, 4) is 0 Å². The molecule has 0 bridgehead atoms. The SMILES string of the molecule is O=C(CSCC(=O)Nc1ccccc1F)NNC(=O)c1ccco1. The Morgan fingerprint density at radius 2 is 1.75 bits per heavy atom. The van der Waals surface area contributed by atoms with E-state index in [0.717, 1.165) is 11.8 Å². The minimum Gasteiger partial charge on any atom is -0.459 e. The summed E-state index contributed by atoms with van der Waals surface area (Å²) in [6, 6.07) is 8.78. The van der Waals surface area contributed by atoms with E-state index in [9.17, 15) is 18.8 Å². The zero-order chi connectivity index (χ0) is 17.4.